The molecule has 2 atom stereocenters. The van der Waals surface area contributed by atoms with Crippen LogP contribution in [0.3, 0.4) is 0 Å². The number of unbranched alkanes of at least 4 members (excludes halogenated alkanes) is 52. The van der Waals surface area contributed by atoms with E-state index in [1.54, 1.807) is 6.08 Å². The van der Waals surface area contributed by atoms with Crippen molar-refractivity contribution in [2.75, 3.05) is 13.2 Å². The molecular weight excluding hydrogens is 899 g/mol. The molecule has 0 rings (SSSR count). The molecule has 0 aliphatic rings. The summed E-state index contributed by atoms with van der Waals surface area (Å²) in [6, 6.07) is -0.627. The van der Waals surface area contributed by atoms with Gasteiger partial charge < -0.3 is 20.3 Å². The van der Waals surface area contributed by atoms with Gasteiger partial charge in [0, 0.05) is 12.8 Å². The number of aliphatic hydroxyl groups is 2. The first kappa shape index (κ1) is 71.6. The molecule has 0 radical (unpaired) electrons. The van der Waals surface area contributed by atoms with Crippen LogP contribution in [0.4, 0.5) is 0 Å². The molecule has 434 valence electrons. The molecule has 6 nitrogen and oxygen atoms in total. The van der Waals surface area contributed by atoms with Crippen LogP contribution in [0.5, 0.6) is 0 Å². The minimum Gasteiger partial charge on any atom is -0.466 e. The predicted molar refractivity (Wildman–Crippen MR) is 320 cm³/mol. The second-order valence-corrected chi connectivity index (χ2v) is 23.2. The Morgan fingerprint density at radius 1 is 0.370 bits per heavy atom. The Morgan fingerprint density at radius 2 is 0.630 bits per heavy atom. The first-order valence-electron chi connectivity index (χ1n) is 33.5. The molecule has 0 aromatic rings. The summed E-state index contributed by atoms with van der Waals surface area (Å²) in [7, 11) is 0. The molecule has 6 heteroatoms. The second kappa shape index (κ2) is 63.1. The third-order valence-electron chi connectivity index (χ3n) is 15.8. The minimum absolute atomic E-state index is 0.0183. The SMILES string of the molecule is CCCCCCCCCCCCCCCCC/C=C/C(O)C(CO)NC(=O)CCCCCCCCCCCCCCCCCCCCCCCCCOC(=O)CCCCCCCCCCCCCCCCCC. The molecule has 0 saturated carbocycles. The third kappa shape index (κ3) is 59.7. The van der Waals surface area contributed by atoms with E-state index in [4.69, 9.17) is 4.74 Å². The second-order valence-electron chi connectivity index (χ2n) is 23.2. The zero-order valence-electron chi connectivity index (χ0n) is 49.6. The number of allylic oxidation sites excluding steroid dienone is 1. The van der Waals surface area contributed by atoms with Crippen molar-refractivity contribution in [3.8, 4) is 0 Å². The number of nitrogens with one attached hydrogen (secondary N) is 1. The highest BCUT2D eigenvalue weighted by molar-refractivity contribution is 5.76. The van der Waals surface area contributed by atoms with Crippen LogP contribution in [0.1, 0.15) is 380 Å². The van der Waals surface area contributed by atoms with Gasteiger partial charge in [0.15, 0.2) is 0 Å². The van der Waals surface area contributed by atoms with E-state index in [0.717, 1.165) is 38.5 Å². The van der Waals surface area contributed by atoms with E-state index < -0.39 is 12.1 Å². The Bertz CT molecular complexity index is 1100. The number of esters is 1. The smallest absolute Gasteiger partial charge is 0.305 e. The standard InChI is InChI=1S/C67H131NO5/c1-3-5-7-9-11-13-15-17-19-28-31-35-39-43-47-51-55-59-65(70)64(63-69)68-66(71)60-56-52-48-44-40-36-32-29-26-24-22-21-23-25-27-30-34-38-42-46-50-54-58-62-73-67(72)61-57-53-49-45-41-37-33-20-18-16-14-12-10-8-6-4-2/h55,59,64-65,69-70H,3-54,56-58,60-63H2,1-2H3,(H,68,71)/b59-55+. The highest BCUT2D eigenvalue weighted by atomic mass is 16.5. The fourth-order valence-electron chi connectivity index (χ4n) is 10.7. The van der Waals surface area contributed by atoms with Gasteiger partial charge in [-0.1, -0.05) is 347 Å². The number of hydrogen-bond donors (Lipinski definition) is 3. The molecule has 2 unspecified atom stereocenters. The Morgan fingerprint density at radius 3 is 0.932 bits per heavy atom. The average Bonchev–Trinajstić information content (AvgIpc) is 3.39. The minimum atomic E-state index is -0.843. The molecule has 1 amide bonds. The van der Waals surface area contributed by atoms with Gasteiger partial charge in [0.2, 0.25) is 5.91 Å². The van der Waals surface area contributed by atoms with Crippen molar-refractivity contribution in [1.82, 2.24) is 5.32 Å². The summed E-state index contributed by atoms with van der Waals surface area (Å²) in [5.74, 6) is -0.0458. The molecule has 0 aromatic heterocycles. The third-order valence-corrected chi connectivity index (χ3v) is 15.8. The lowest BCUT2D eigenvalue weighted by molar-refractivity contribution is -0.143. The van der Waals surface area contributed by atoms with Crippen LogP contribution in [0.15, 0.2) is 12.2 Å². The van der Waals surface area contributed by atoms with Gasteiger partial charge in [-0.3, -0.25) is 9.59 Å². The number of amides is 1. The fourth-order valence-corrected chi connectivity index (χ4v) is 10.7. The lowest BCUT2D eigenvalue weighted by Gasteiger charge is -2.20. The molecule has 0 aromatic carbocycles. The van der Waals surface area contributed by atoms with Gasteiger partial charge in [-0.05, 0) is 32.1 Å². The van der Waals surface area contributed by atoms with E-state index in [2.05, 4.69) is 19.2 Å². The van der Waals surface area contributed by atoms with Crippen molar-refractivity contribution >= 4 is 11.9 Å². The van der Waals surface area contributed by atoms with Crippen LogP contribution in [0.25, 0.3) is 0 Å². The summed E-state index contributed by atoms with van der Waals surface area (Å²) in [4.78, 5) is 24.6. The molecule has 0 fully saturated rings. The average molecular weight is 1030 g/mol. The molecule has 0 bridgehead atoms. The summed E-state index contributed by atoms with van der Waals surface area (Å²) in [5.41, 5.74) is 0. The first-order chi connectivity index (χ1) is 36.0. The molecule has 0 spiro atoms. The zero-order chi connectivity index (χ0) is 52.9. The molecule has 3 N–H and O–H groups in total. The van der Waals surface area contributed by atoms with Crippen LogP contribution in [-0.2, 0) is 14.3 Å². The predicted octanol–water partition coefficient (Wildman–Crippen LogP) is 21.2. The number of ether oxygens (including phenoxy) is 1. The molecule has 0 saturated heterocycles. The number of rotatable bonds is 63. The Kier molecular flexibility index (Phi) is 61.9. The Balaban J connectivity index is 3.37. The number of aliphatic hydroxyl groups excluding tert-OH is 2. The summed E-state index contributed by atoms with van der Waals surface area (Å²) in [5, 5.41) is 23.2. The largest absolute Gasteiger partial charge is 0.466 e. The van der Waals surface area contributed by atoms with Crippen LogP contribution in [0.2, 0.25) is 0 Å². The topological polar surface area (TPSA) is 95.9 Å². The van der Waals surface area contributed by atoms with Crippen molar-refractivity contribution in [3.05, 3.63) is 12.2 Å². The van der Waals surface area contributed by atoms with Crippen molar-refractivity contribution in [2.24, 2.45) is 0 Å². The molecular formula is C67H131NO5. The van der Waals surface area contributed by atoms with E-state index in [0.29, 0.717) is 19.4 Å². The maximum absolute atomic E-state index is 12.5. The lowest BCUT2D eigenvalue weighted by atomic mass is 10.0. The zero-order valence-corrected chi connectivity index (χ0v) is 49.6. The fraction of sp³-hybridized carbons (Fsp3) is 0.940. The van der Waals surface area contributed by atoms with Crippen LogP contribution in [0, 0.1) is 0 Å². The van der Waals surface area contributed by atoms with Crippen molar-refractivity contribution < 1.29 is 24.5 Å². The summed E-state index contributed by atoms with van der Waals surface area (Å²) in [6.45, 7) is 4.94. The van der Waals surface area contributed by atoms with Crippen molar-refractivity contribution in [3.63, 3.8) is 0 Å². The highest BCUT2D eigenvalue weighted by Crippen LogP contribution is 2.19. The van der Waals surface area contributed by atoms with Crippen LogP contribution >= 0.6 is 0 Å². The van der Waals surface area contributed by atoms with E-state index >= 15 is 0 Å². The quantitative estimate of drug-likeness (QED) is 0.0320. The van der Waals surface area contributed by atoms with Gasteiger partial charge in [0.05, 0.1) is 25.4 Å². The number of hydrogen-bond acceptors (Lipinski definition) is 5. The first-order valence-corrected chi connectivity index (χ1v) is 33.5. The van der Waals surface area contributed by atoms with E-state index in [1.807, 2.05) is 6.08 Å². The van der Waals surface area contributed by atoms with Gasteiger partial charge in [-0.15, -0.1) is 0 Å². The van der Waals surface area contributed by atoms with Crippen LogP contribution < -0.4 is 5.32 Å². The molecule has 73 heavy (non-hydrogen) atoms. The molecule has 0 aliphatic carbocycles. The number of carbonyl (C=O) groups excluding carboxylic acids is 2. The van der Waals surface area contributed by atoms with Gasteiger partial charge in [0.1, 0.15) is 0 Å². The molecule has 0 aliphatic heterocycles. The van der Waals surface area contributed by atoms with Crippen molar-refractivity contribution in [1.29, 1.82) is 0 Å². The summed E-state index contributed by atoms with van der Waals surface area (Å²) >= 11 is 0. The number of carbonyl (C=O) groups is 2. The lowest BCUT2D eigenvalue weighted by Crippen LogP contribution is -2.45. The normalized spacial score (nSPS) is 12.5. The summed E-state index contributed by atoms with van der Waals surface area (Å²) < 4.78 is 5.50. The maximum atomic E-state index is 12.5. The Hall–Kier alpha value is -1.40. The monoisotopic (exact) mass is 1030 g/mol. The van der Waals surface area contributed by atoms with E-state index in [9.17, 15) is 19.8 Å². The highest BCUT2D eigenvalue weighted by Gasteiger charge is 2.18. The van der Waals surface area contributed by atoms with Gasteiger partial charge in [-0.25, -0.2) is 0 Å². The maximum Gasteiger partial charge on any atom is 0.305 e. The Labute approximate surface area is 457 Å². The van der Waals surface area contributed by atoms with Gasteiger partial charge in [0.25, 0.3) is 0 Å². The van der Waals surface area contributed by atoms with Gasteiger partial charge in [-0.2, -0.15) is 0 Å². The summed E-state index contributed by atoms with van der Waals surface area (Å²) in [6.07, 6.45) is 77.0. The van der Waals surface area contributed by atoms with Crippen LogP contribution in [-0.4, -0.2) is 47.4 Å². The van der Waals surface area contributed by atoms with E-state index in [-0.39, 0.29) is 18.5 Å². The van der Waals surface area contributed by atoms with Crippen molar-refractivity contribution in [2.45, 2.75) is 392 Å². The van der Waals surface area contributed by atoms with Gasteiger partial charge >= 0.3 is 5.97 Å². The molecule has 0 heterocycles. The van der Waals surface area contributed by atoms with E-state index in [1.165, 1.54) is 315 Å².